The summed E-state index contributed by atoms with van der Waals surface area (Å²) in [5.74, 6) is 0.482. The molecule has 0 fully saturated rings. The van der Waals surface area contributed by atoms with Gasteiger partial charge in [-0.1, -0.05) is 117 Å². The van der Waals surface area contributed by atoms with Crippen molar-refractivity contribution in [2.75, 3.05) is 0 Å². The van der Waals surface area contributed by atoms with Gasteiger partial charge < -0.3 is 0 Å². The molecule has 1 aliphatic rings. The van der Waals surface area contributed by atoms with Gasteiger partial charge in [0.15, 0.2) is 5.78 Å². The Morgan fingerprint density at radius 3 is 1.10 bits per heavy atom. The van der Waals surface area contributed by atoms with Crippen LogP contribution in [0.4, 0.5) is 0 Å². The molecule has 3 heteroatoms. The number of unbranched alkanes of at least 4 members (excludes halogenated alkanes) is 10. The second kappa shape index (κ2) is 13.2. The highest BCUT2D eigenvalue weighted by molar-refractivity contribution is 6.94. The number of hydrogen-bond donors (Lipinski definition) is 0. The Morgan fingerprint density at radius 1 is 0.500 bits per heavy atom. The van der Waals surface area contributed by atoms with Crippen LogP contribution in [0.5, 0.6) is 0 Å². The molecule has 0 amide bonds. The van der Waals surface area contributed by atoms with Crippen LogP contribution in [0.3, 0.4) is 0 Å². The van der Waals surface area contributed by atoms with Gasteiger partial charge >= 0.3 is 0 Å². The number of ketones is 1. The van der Waals surface area contributed by atoms with E-state index in [1.165, 1.54) is 98.6 Å². The molecule has 0 N–H and O–H groups in total. The quantitative estimate of drug-likeness (QED) is 0.170. The average molecular weight is 449 g/mol. The number of carbonyl (C=O) groups excluding carboxylic acids is 1. The highest BCUT2D eigenvalue weighted by Crippen LogP contribution is 2.43. The van der Waals surface area contributed by atoms with Crippen LogP contribution < -0.4 is 0 Å². The van der Waals surface area contributed by atoms with Crippen molar-refractivity contribution < 1.29 is 4.79 Å². The van der Waals surface area contributed by atoms with Crippen LogP contribution in [0.25, 0.3) is 0 Å². The van der Waals surface area contributed by atoms with Gasteiger partial charge in [0.05, 0.1) is 16.1 Å². The molecule has 0 aliphatic heterocycles. The van der Waals surface area contributed by atoms with Crippen molar-refractivity contribution in [3.8, 4) is 0 Å². The summed E-state index contributed by atoms with van der Waals surface area (Å²) in [6.07, 6.45) is 18.3. The van der Waals surface area contributed by atoms with Crippen molar-refractivity contribution in [2.45, 2.75) is 143 Å². The Hall–Kier alpha value is -0.416. The Balaban J connectivity index is 3.02. The van der Waals surface area contributed by atoms with E-state index in [1.54, 1.807) is 0 Å². The number of rotatable bonds is 16. The predicted molar refractivity (Wildman–Crippen MR) is 142 cm³/mol. The van der Waals surface area contributed by atoms with Crippen molar-refractivity contribution in [3.63, 3.8) is 0 Å². The summed E-state index contributed by atoms with van der Waals surface area (Å²) in [5.41, 5.74) is 3.06. The number of hydrogen-bond acceptors (Lipinski definition) is 1. The first-order valence-electron chi connectivity index (χ1n) is 13.1. The van der Waals surface area contributed by atoms with Crippen LogP contribution in [0.1, 0.15) is 104 Å². The van der Waals surface area contributed by atoms with Crippen molar-refractivity contribution in [3.05, 3.63) is 21.5 Å². The van der Waals surface area contributed by atoms with E-state index in [1.807, 2.05) is 0 Å². The molecule has 0 radical (unpaired) electrons. The van der Waals surface area contributed by atoms with Gasteiger partial charge in [-0.05, 0) is 47.2 Å². The van der Waals surface area contributed by atoms with Crippen molar-refractivity contribution in [1.82, 2.24) is 0 Å². The lowest BCUT2D eigenvalue weighted by Gasteiger charge is -2.22. The molecule has 30 heavy (non-hydrogen) atoms. The molecule has 0 bridgehead atoms. The molecule has 1 aliphatic carbocycles. The fraction of sp³-hybridized carbons (Fsp3) is 0.815. The summed E-state index contributed by atoms with van der Waals surface area (Å²) in [6.45, 7) is 18.9. The number of carbonyl (C=O) groups is 1. The summed E-state index contributed by atoms with van der Waals surface area (Å²) in [4.78, 5) is 13.7. The van der Waals surface area contributed by atoms with Crippen molar-refractivity contribution >= 4 is 21.9 Å². The SMILES string of the molecule is CCCCCCCCC1=C([Si](C)(C)C)C(=O)C([Si](C)(C)C)=C1CCCCCCCC. The van der Waals surface area contributed by atoms with E-state index < -0.39 is 16.1 Å². The fourth-order valence-electron chi connectivity index (χ4n) is 5.00. The zero-order chi connectivity index (χ0) is 22.8. The summed E-state index contributed by atoms with van der Waals surface area (Å²) in [5, 5.41) is 2.60. The fourth-order valence-corrected chi connectivity index (χ4v) is 9.10. The smallest absolute Gasteiger partial charge is 0.177 e. The van der Waals surface area contributed by atoms with Gasteiger partial charge in [0.1, 0.15) is 0 Å². The summed E-state index contributed by atoms with van der Waals surface area (Å²) < 4.78 is 0. The standard InChI is InChI=1S/C27H52OSi2/c1-9-11-13-15-17-19-21-23-24(22-20-18-16-14-12-10-2)27(30(6,7)8)25(28)26(23)29(3,4)5/h9-22H2,1-8H3. The molecule has 0 aromatic rings. The second-order valence-electron chi connectivity index (χ2n) is 11.6. The molecule has 0 heterocycles. The lowest BCUT2D eigenvalue weighted by molar-refractivity contribution is -0.111. The molecule has 0 saturated carbocycles. The maximum Gasteiger partial charge on any atom is 0.177 e. The zero-order valence-corrected chi connectivity index (χ0v) is 23.8. The molecule has 0 spiro atoms. The van der Waals surface area contributed by atoms with Crippen LogP contribution in [-0.4, -0.2) is 21.9 Å². The minimum atomic E-state index is -1.65. The Kier molecular flexibility index (Phi) is 12.2. The molecule has 1 rings (SSSR count). The lowest BCUT2D eigenvalue weighted by atomic mass is 9.96. The summed E-state index contributed by atoms with van der Waals surface area (Å²) in [6, 6.07) is 0. The van der Waals surface area contributed by atoms with E-state index >= 15 is 0 Å². The Bertz CT molecular complexity index is 547. The number of allylic oxidation sites excluding steroid dienone is 4. The first-order chi connectivity index (χ1) is 14.1. The van der Waals surface area contributed by atoms with Gasteiger partial charge in [-0.3, -0.25) is 4.79 Å². The third-order valence-corrected chi connectivity index (χ3v) is 10.5. The van der Waals surface area contributed by atoms with E-state index in [2.05, 4.69) is 53.1 Å². The molecule has 1 nitrogen and oxygen atoms in total. The highest BCUT2D eigenvalue weighted by atomic mass is 28.3. The first kappa shape index (κ1) is 27.6. The van der Waals surface area contributed by atoms with Gasteiger partial charge in [0.2, 0.25) is 0 Å². The molecule has 0 saturated heterocycles. The van der Waals surface area contributed by atoms with E-state index in [0.717, 1.165) is 12.8 Å². The Morgan fingerprint density at radius 2 is 0.800 bits per heavy atom. The maximum absolute atomic E-state index is 13.7. The normalized spacial score (nSPS) is 15.7. The van der Waals surface area contributed by atoms with Gasteiger partial charge in [0, 0.05) is 0 Å². The van der Waals surface area contributed by atoms with Gasteiger partial charge in [-0.2, -0.15) is 0 Å². The van der Waals surface area contributed by atoms with Crippen molar-refractivity contribution in [1.29, 1.82) is 0 Å². The van der Waals surface area contributed by atoms with Crippen molar-refractivity contribution in [2.24, 2.45) is 0 Å². The summed E-state index contributed by atoms with van der Waals surface area (Å²) >= 11 is 0. The van der Waals surface area contributed by atoms with Gasteiger partial charge in [0.25, 0.3) is 0 Å². The van der Waals surface area contributed by atoms with Gasteiger partial charge in [-0.15, -0.1) is 0 Å². The summed E-state index contributed by atoms with van der Waals surface area (Å²) in [7, 11) is -3.30. The average Bonchev–Trinajstić information content (AvgIpc) is 2.92. The van der Waals surface area contributed by atoms with E-state index in [0.29, 0.717) is 5.78 Å². The molecule has 0 aromatic heterocycles. The van der Waals surface area contributed by atoms with E-state index in [4.69, 9.17) is 0 Å². The molecule has 0 atom stereocenters. The van der Waals surface area contributed by atoms with E-state index in [9.17, 15) is 4.79 Å². The van der Waals surface area contributed by atoms with Gasteiger partial charge in [-0.25, -0.2) is 0 Å². The molecule has 174 valence electrons. The van der Waals surface area contributed by atoms with E-state index in [-0.39, 0.29) is 0 Å². The first-order valence-corrected chi connectivity index (χ1v) is 20.1. The third kappa shape index (κ3) is 8.61. The molecular weight excluding hydrogens is 396 g/mol. The second-order valence-corrected chi connectivity index (χ2v) is 21.6. The largest absolute Gasteiger partial charge is 0.290 e. The van der Waals surface area contributed by atoms with Crippen LogP contribution in [0, 0.1) is 0 Å². The highest BCUT2D eigenvalue weighted by Gasteiger charge is 2.42. The monoisotopic (exact) mass is 448 g/mol. The Labute approximate surface area is 191 Å². The number of Topliss-reactive ketones (excluding diaryl/α,β-unsaturated/α-hetero) is 1. The van der Waals surface area contributed by atoms with Crippen LogP contribution >= 0.6 is 0 Å². The maximum atomic E-state index is 13.7. The lowest BCUT2D eigenvalue weighted by Crippen LogP contribution is -2.35. The van der Waals surface area contributed by atoms with Crippen LogP contribution in [0.15, 0.2) is 21.5 Å². The minimum absolute atomic E-state index is 0.482. The molecular formula is C27H52OSi2. The minimum Gasteiger partial charge on any atom is -0.290 e. The topological polar surface area (TPSA) is 17.1 Å². The third-order valence-electron chi connectivity index (χ3n) is 6.48. The van der Waals surface area contributed by atoms with Crippen LogP contribution in [0.2, 0.25) is 39.3 Å². The molecule has 0 unspecified atom stereocenters. The predicted octanol–water partition coefficient (Wildman–Crippen LogP) is 9.42. The van der Waals surface area contributed by atoms with Crippen LogP contribution in [-0.2, 0) is 4.79 Å². The zero-order valence-electron chi connectivity index (χ0n) is 21.8. The molecule has 0 aromatic carbocycles.